The number of ether oxygens (including phenoxy) is 2. The lowest BCUT2D eigenvalue weighted by Gasteiger charge is -2.25. The second-order valence-electron chi connectivity index (χ2n) is 4.79. The van der Waals surface area contributed by atoms with Crippen LogP contribution in [0.3, 0.4) is 0 Å². The Bertz CT molecular complexity index is 615. The Morgan fingerprint density at radius 1 is 1.00 bits per heavy atom. The van der Waals surface area contributed by atoms with Crippen molar-refractivity contribution >= 4 is 11.9 Å². The molecule has 0 amide bonds. The zero-order chi connectivity index (χ0) is 16.8. The summed E-state index contributed by atoms with van der Waals surface area (Å²) in [4.78, 5) is 24.4. The molecule has 5 nitrogen and oxygen atoms in total. The predicted octanol–water partition coefficient (Wildman–Crippen LogP) is 2.41. The number of rotatable bonds is 5. The van der Waals surface area contributed by atoms with E-state index in [0.717, 1.165) is 0 Å². The highest BCUT2D eigenvalue weighted by Crippen LogP contribution is 2.35. The SMILES string of the molecule is CCOC(=O)C1=CNC=C(C(=O)OCC)C1c1ccc(F)cc1. The van der Waals surface area contributed by atoms with Gasteiger partial charge in [0, 0.05) is 12.4 Å². The first-order chi connectivity index (χ1) is 11.1. The highest BCUT2D eigenvalue weighted by atomic mass is 19.1. The molecular weight excluding hydrogens is 301 g/mol. The number of carbonyl (C=O) groups is 2. The fourth-order valence-corrected chi connectivity index (χ4v) is 2.35. The maximum absolute atomic E-state index is 13.2. The van der Waals surface area contributed by atoms with Gasteiger partial charge in [0.15, 0.2) is 0 Å². The Hall–Kier alpha value is -2.63. The zero-order valence-electron chi connectivity index (χ0n) is 13.0. The molecule has 0 fully saturated rings. The number of halogens is 1. The molecule has 0 atom stereocenters. The molecule has 1 aliphatic heterocycles. The Balaban J connectivity index is 2.43. The van der Waals surface area contributed by atoms with E-state index in [9.17, 15) is 14.0 Å². The summed E-state index contributed by atoms with van der Waals surface area (Å²) < 4.78 is 23.3. The summed E-state index contributed by atoms with van der Waals surface area (Å²) in [6.07, 6.45) is 2.96. The minimum atomic E-state index is -0.671. The minimum Gasteiger partial charge on any atom is -0.463 e. The molecule has 0 bridgehead atoms. The van der Waals surface area contributed by atoms with Gasteiger partial charge in [-0.15, -0.1) is 0 Å². The number of benzene rings is 1. The topological polar surface area (TPSA) is 64.6 Å². The van der Waals surface area contributed by atoms with Crippen LogP contribution in [-0.4, -0.2) is 25.2 Å². The standard InChI is InChI=1S/C17H18FNO4/c1-3-22-16(20)13-9-19-10-14(17(21)23-4-2)15(13)11-5-7-12(18)8-6-11/h5-10,15,19H,3-4H2,1-2H3. The van der Waals surface area contributed by atoms with Gasteiger partial charge in [0.25, 0.3) is 0 Å². The lowest BCUT2D eigenvalue weighted by atomic mass is 9.84. The zero-order valence-corrected chi connectivity index (χ0v) is 13.0. The smallest absolute Gasteiger partial charge is 0.336 e. The quantitative estimate of drug-likeness (QED) is 0.844. The van der Waals surface area contributed by atoms with Crippen LogP contribution in [-0.2, 0) is 19.1 Å². The van der Waals surface area contributed by atoms with Crippen LogP contribution in [0, 0.1) is 5.82 Å². The van der Waals surface area contributed by atoms with Crippen LogP contribution in [0.1, 0.15) is 25.3 Å². The third kappa shape index (κ3) is 3.77. The summed E-state index contributed by atoms with van der Waals surface area (Å²) in [5.41, 5.74) is 1.14. The molecule has 0 saturated heterocycles. The van der Waals surface area contributed by atoms with Crippen molar-refractivity contribution in [2.75, 3.05) is 13.2 Å². The summed E-state index contributed by atoms with van der Waals surface area (Å²) in [5.74, 6) is -2.14. The minimum absolute atomic E-state index is 0.213. The second kappa shape index (κ2) is 7.58. The van der Waals surface area contributed by atoms with E-state index in [0.29, 0.717) is 5.56 Å². The van der Waals surface area contributed by atoms with Gasteiger partial charge in [-0.05, 0) is 31.5 Å². The van der Waals surface area contributed by atoms with E-state index in [1.54, 1.807) is 13.8 Å². The number of nitrogens with one attached hydrogen (secondary N) is 1. The van der Waals surface area contributed by atoms with Crippen molar-refractivity contribution in [2.24, 2.45) is 0 Å². The summed E-state index contributed by atoms with van der Waals surface area (Å²) >= 11 is 0. The van der Waals surface area contributed by atoms with Crippen molar-refractivity contribution < 1.29 is 23.5 Å². The van der Waals surface area contributed by atoms with Gasteiger partial charge in [0.05, 0.1) is 30.3 Å². The van der Waals surface area contributed by atoms with Crippen LogP contribution in [0.25, 0.3) is 0 Å². The third-order valence-electron chi connectivity index (χ3n) is 3.33. The van der Waals surface area contributed by atoms with E-state index >= 15 is 0 Å². The summed E-state index contributed by atoms with van der Waals surface area (Å²) in [6.45, 7) is 3.82. The van der Waals surface area contributed by atoms with Crippen molar-refractivity contribution in [3.05, 3.63) is 59.2 Å². The Kier molecular flexibility index (Phi) is 5.51. The molecule has 1 heterocycles. The molecule has 1 aromatic rings. The maximum atomic E-state index is 13.2. The summed E-state index contributed by atoms with van der Waals surface area (Å²) in [7, 11) is 0. The van der Waals surface area contributed by atoms with Crippen LogP contribution in [0.5, 0.6) is 0 Å². The predicted molar refractivity (Wildman–Crippen MR) is 81.7 cm³/mol. The summed E-state index contributed by atoms with van der Waals surface area (Å²) in [6, 6.07) is 5.63. The molecule has 0 aliphatic carbocycles. The number of hydrogen-bond acceptors (Lipinski definition) is 5. The fourth-order valence-electron chi connectivity index (χ4n) is 2.35. The molecule has 1 N–H and O–H groups in total. The molecule has 6 heteroatoms. The monoisotopic (exact) mass is 319 g/mol. The first-order valence-electron chi connectivity index (χ1n) is 7.34. The largest absolute Gasteiger partial charge is 0.463 e. The average Bonchev–Trinajstić information content (AvgIpc) is 2.55. The van der Waals surface area contributed by atoms with Gasteiger partial charge in [-0.1, -0.05) is 12.1 Å². The number of carbonyl (C=O) groups excluding carboxylic acids is 2. The molecule has 1 aromatic carbocycles. The van der Waals surface area contributed by atoms with Gasteiger partial charge in [0.2, 0.25) is 0 Å². The van der Waals surface area contributed by atoms with Crippen molar-refractivity contribution in [3.8, 4) is 0 Å². The number of hydrogen-bond donors (Lipinski definition) is 1. The van der Waals surface area contributed by atoms with E-state index in [1.165, 1.54) is 36.7 Å². The van der Waals surface area contributed by atoms with Crippen LogP contribution < -0.4 is 5.32 Å². The van der Waals surface area contributed by atoms with Crippen molar-refractivity contribution in [3.63, 3.8) is 0 Å². The van der Waals surface area contributed by atoms with Gasteiger partial charge in [0.1, 0.15) is 5.82 Å². The first-order valence-corrected chi connectivity index (χ1v) is 7.34. The molecule has 2 rings (SSSR count). The Labute approximate surface area is 133 Å². The van der Waals surface area contributed by atoms with Gasteiger partial charge in [-0.25, -0.2) is 14.0 Å². The van der Waals surface area contributed by atoms with Crippen LogP contribution in [0.2, 0.25) is 0 Å². The number of esters is 2. The highest BCUT2D eigenvalue weighted by Gasteiger charge is 2.33. The van der Waals surface area contributed by atoms with Crippen molar-refractivity contribution in [2.45, 2.75) is 19.8 Å². The number of dihydropyridines is 1. The molecular formula is C17H18FNO4. The molecule has 23 heavy (non-hydrogen) atoms. The maximum Gasteiger partial charge on any atom is 0.336 e. The van der Waals surface area contributed by atoms with Crippen molar-refractivity contribution in [1.29, 1.82) is 0 Å². The molecule has 0 saturated carbocycles. The molecule has 0 radical (unpaired) electrons. The van der Waals surface area contributed by atoms with E-state index in [1.807, 2.05) is 0 Å². The van der Waals surface area contributed by atoms with Crippen LogP contribution >= 0.6 is 0 Å². The van der Waals surface area contributed by atoms with Crippen LogP contribution in [0.15, 0.2) is 47.8 Å². The van der Waals surface area contributed by atoms with E-state index < -0.39 is 23.7 Å². The van der Waals surface area contributed by atoms with Crippen molar-refractivity contribution in [1.82, 2.24) is 5.32 Å². The Morgan fingerprint density at radius 3 is 1.91 bits per heavy atom. The highest BCUT2D eigenvalue weighted by molar-refractivity contribution is 5.98. The Morgan fingerprint density at radius 2 is 1.48 bits per heavy atom. The van der Waals surface area contributed by atoms with Gasteiger partial charge in [-0.3, -0.25) is 0 Å². The first kappa shape index (κ1) is 16.7. The summed E-state index contributed by atoms with van der Waals surface area (Å²) in [5, 5.41) is 2.77. The van der Waals surface area contributed by atoms with Crippen LogP contribution in [0.4, 0.5) is 4.39 Å². The fraction of sp³-hybridized carbons (Fsp3) is 0.294. The second-order valence-corrected chi connectivity index (χ2v) is 4.79. The molecule has 0 spiro atoms. The lowest BCUT2D eigenvalue weighted by Crippen LogP contribution is -2.27. The van der Waals surface area contributed by atoms with E-state index in [-0.39, 0.29) is 24.4 Å². The third-order valence-corrected chi connectivity index (χ3v) is 3.33. The van der Waals surface area contributed by atoms with E-state index in [4.69, 9.17) is 9.47 Å². The lowest BCUT2D eigenvalue weighted by molar-refractivity contribution is -0.139. The molecule has 0 aromatic heterocycles. The van der Waals surface area contributed by atoms with Gasteiger partial charge in [-0.2, -0.15) is 0 Å². The normalized spacial score (nSPS) is 14.4. The van der Waals surface area contributed by atoms with E-state index in [2.05, 4.69) is 5.32 Å². The van der Waals surface area contributed by atoms with Gasteiger partial charge >= 0.3 is 11.9 Å². The molecule has 0 unspecified atom stereocenters. The molecule has 1 aliphatic rings. The molecule has 122 valence electrons. The van der Waals surface area contributed by atoms with Gasteiger partial charge < -0.3 is 14.8 Å². The average molecular weight is 319 g/mol.